The van der Waals surface area contributed by atoms with Crippen molar-refractivity contribution in [3.05, 3.63) is 46.9 Å². The normalized spacial score (nSPS) is 10.6. The van der Waals surface area contributed by atoms with E-state index in [9.17, 15) is 17.6 Å². The maximum absolute atomic E-state index is 13.3. The highest BCUT2D eigenvalue weighted by Gasteiger charge is 2.31. The van der Waals surface area contributed by atoms with Crippen molar-refractivity contribution in [1.29, 1.82) is 0 Å². The fourth-order valence-corrected chi connectivity index (χ4v) is 1.70. The third kappa shape index (κ3) is 4.24. The van der Waals surface area contributed by atoms with Crippen LogP contribution in [-0.4, -0.2) is 21.8 Å². The second kappa shape index (κ2) is 6.97. The Morgan fingerprint density at radius 3 is 2.32 bits per heavy atom. The summed E-state index contributed by atoms with van der Waals surface area (Å²) in [6.45, 7) is 3.22. The summed E-state index contributed by atoms with van der Waals surface area (Å²) in [4.78, 5) is 8.36. The summed E-state index contributed by atoms with van der Waals surface area (Å²) in [7, 11) is 0. The molecule has 0 aliphatic heterocycles. The van der Waals surface area contributed by atoms with E-state index in [4.69, 9.17) is 9.90 Å². The minimum absolute atomic E-state index is 0.0704. The maximum atomic E-state index is 13.3. The van der Waals surface area contributed by atoms with Gasteiger partial charge in [-0.1, -0.05) is 0 Å². The quantitative estimate of drug-likeness (QED) is 0.645. The molecule has 4 nitrogen and oxygen atoms in total. The van der Waals surface area contributed by atoms with E-state index in [0.717, 1.165) is 17.7 Å². The van der Waals surface area contributed by atoms with Crippen LogP contribution in [0.5, 0.6) is 0 Å². The van der Waals surface area contributed by atoms with E-state index < -0.39 is 17.6 Å². The van der Waals surface area contributed by atoms with Crippen LogP contribution in [-0.2, 0) is 11.0 Å². The predicted molar refractivity (Wildman–Crippen MR) is 70.6 cm³/mol. The number of hydrogen-bond acceptors (Lipinski definition) is 3. The Kier molecular flexibility index (Phi) is 5.56. The topological polar surface area (TPSA) is 63.1 Å². The molecule has 0 spiro atoms. The van der Waals surface area contributed by atoms with Crippen LogP contribution in [0.1, 0.15) is 16.7 Å². The summed E-state index contributed by atoms with van der Waals surface area (Å²) in [5, 5.41) is 14.4. The third-order valence-electron chi connectivity index (χ3n) is 2.85. The minimum Gasteiger partial charge on any atom is -0.483 e. The molecule has 2 rings (SSSR count). The van der Waals surface area contributed by atoms with Gasteiger partial charge in [-0.05, 0) is 43.2 Å². The van der Waals surface area contributed by atoms with Gasteiger partial charge in [0.2, 0.25) is 0 Å². The van der Waals surface area contributed by atoms with Crippen molar-refractivity contribution in [1.82, 2.24) is 10.2 Å². The van der Waals surface area contributed by atoms with E-state index in [-0.39, 0.29) is 17.7 Å². The van der Waals surface area contributed by atoms with E-state index in [2.05, 4.69) is 10.2 Å². The van der Waals surface area contributed by atoms with Crippen LogP contribution >= 0.6 is 0 Å². The first-order valence-corrected chi connectivity index (χ1v) is 5.95. The number of carbonyl (C=O) groups is 1. The Morgan fingerprint density at radius 2 is 1.77 bits per heavy atom. The molecule has 1 heterocycles. The summed E-state index contributed by atoms with van der Waals surface area (Å²) in [5.41, 5.74) is 0.743. The van der Waals surface area contributed by atoms with E-state index in [1.807, 2.05) is 0 Å². The van der Waals surface area contributed by atoms with Crippen LogP contribution in [0.25, 0.3) is 11.3 Å². The summed E-state index contributed by atoms with van der Waals surface area (Å²) in [6, 6.07) is 2.35. The summed E-state index contributed by atoms with van der Waals surface area (Å²) in [5.74, 6) is -0.951. The first-order valence-electron chi connectivity index (χ1n) is 5.95. The number of rotatable bonds is 1. The van der Waals surface area contributed by atoms with Gasteiger partial charge in [0.25, 0.3) is 6.47 Å². The van der Waals surface area contributed by atoms with E-state index in [1.165, 1.54) is 6.20 Å². The molecule has 0 amide bonds. The zero-order valence-corrected chi connectivity index (χ0v) is 11.6. The Labute approximate surface area is 123 Å². The molecular weight excluding hydrogens is 304 g/mol. The Balaban J connectivity index is 0.000000745. The van der Waals surface area contributed by atoms with Gasteiger partial charge in [0.05, 0.1) is 17.5 Å². The van der Waals surface area contributed by atoms with Gasteiger partial charge >= 0.3 is 6.18 Å². The number of benzene rings is 1. The first-order chi connectivity index (χ1) is 10.2. The van der Waals surface area contributed by atoms with Crippen LogP contribution in [0.4, 0.5) is 17.6 Å². The number of nitrogens with zero attached hydrogens (tertiary/aromatic N) is 2. The van der Waals surface area contributed by atoms with Gasteiger partial charge in [-0.2, -0.15) is 23.4 Å². The monoisotopic (exact) mass is 316 g/mol. The molecule has 118 valence electrons. The molecule has 0 saturated heterocycles. The first kappa shape index (κ1) is 17.5. The number of halogens is 4. The predicted octanol–water partition coefficient (Wildman–Crippen LogP) is 3.62. The fourth-order valence-electron chi connectivity index (χ4n) is 1.70. The average Bonchev–Trinajstić information content (AvgIpc) is 2.41. The lowest BCUT2D eigenvalue weighted by Gasteiger charge is -2.11. The molecule has 8 heteroatoms. The van der Waals surface area contributed by atoms with Gasteiger partial charge in [-0.15, -0.1) is 0 Å². The van der Waals surface area contributed by atoms with Gasteiger partial charge in [-0.25, -0.2) is 4.39 Å². The highest BCUT2D eigenvalue weighted by atomic mass is 19.4. The Morgan fingerprint density at radius 1 is 1.18 bits per heavy atom. The third-order valence-corrected chi connectivity index (χ3v) is 2.85. The van der Waals surface area contributed by atoms with E-state index >= 15 is 0 Å². The van der Waals surface area contributed by atoms with Crippen molar-refractivity contribution >= 4 is 6.47 Å². The van der Waals surface area contributed by atoms with Crippen LogP contribution in [0.15, 0.2) is 24.4 Å². The lowest BCUT2D eigenvalue weighted by atomic mass is 10.0. The van der Waals surface area contributed by atoms with Crippen molar-refractivity contribution in [3.63, 3.8) is 0 Å². The lowest BCUT2D eigenvalue weighted by molar-refractivity contribution is -0.137. The molecule has 0 radical (unpaired) electrons. The van der Waals surface area contributed by atoms with Gasteiger partial charge in [-0.3, -0.25) is 4.79 Å². The number of carboxylic acid groups (broad SMARTS) is 1. The molecule has 0 fully saturated rings. The van der Waals surface area contributed by atoms with Gasteiger partial charge in [0, 0.05) is 5.56 Å². The van der Waals surface area contributed by atoms with Gasteiger partial charge < -0.3 is 5.11 Å². The number of aryl methyl sites for hydroxylation is 1. The summed E-state index contributed by atoms with van der Waals surface area (Å²) < 4.78 is 51.2. The maximum Gasteiger partial charge on any atom is 0.416 e. The minimum atomic E-state index is -4.60. The highest BCUT2D eigenvalue weighted by Crippen LogP contribution is 2.33. The Bertz CT molecular complexity index is 672. The van der Waals surface area contributed by atoms with Crippen molar-refractivity contribution in [3.8, 4) is 11.3 Å². The SMILES string of the molecule is Cc1cnnc(-c2cc(F)cc(C(F)(F)F)c2)c1C.O=CO. The van der Waals surface area contributed by atoms with Crippen molar-refractivity contribution in [2.24, 2.45) is 0 Å². The molecule has 1 aromatic carbocycles. The van der Waals surface area contributed by atoms with Crippen LogP contribution in [0.3, 0.4) is 0 Å². The Hall–Kier alpha value is -2.51. The van der Waals surface area contributed by atoms with Crippen LogP contribution in [0, 0.1) is 19.7 Å². The molecule has 22 heavy (non-hydrogen) atoms. The molecule has 2 aromatic rings. The summed E-state index contributed by atoms with van der Waals surface area (Å²) in [6.07, 6.45) is -3.09. The fraction of sp³-hybridized carbons (Fsp3) is 0.214. The molecule has 1 aromatic heterocycles. The van der Waals surface area contributed by atoms with Crippen LogP contribution < -0.4 is 0 Å². The molecular formula is C14H12F4N2O2. The van der Waals surface area contributed by atoms with Gasteiger partial charge in [0.15, 0.2) is 0 Å². The molecule has 0 saturated carbocycles. The molecule has 0 aliphatic carbocycles. The zero-order chi connectivity index (χ0) is 16.9. The average molecular weight is 316 g/mol. The second-order valence-corrected chi connectivity index (χ2v) is 4.33. The molecule has 0 unspecified atom stereocenters. The van der Waals surface area contributed by atoms with Crippen molar-refractivity contribution in [2.45, 2.75) is 20.0 Å². The number of hydrogen-bond donors (Lipinski definition) is 1. The lowest BCUT2D eigenvalue weighted by Crippen LogP contribution is -2.06. The highest BCUT2D eigenvalue weighted by molar-refractivity contribution is 5.64. The molecule has 0 bridgehead atoms. The smallest absolute Gasteiger partial charge is 0.416 e. The second-order valence-electron chi connectivity index (χ2n) is 4.33. The standard InChI is InChI=1S/C13H10F4N2.CH2O2/c1-7-6-18-19-12(8(7)2)9-3-10(13(15,16)17)5-11(14)4-9;2-1-3/h3-6H,1-2H3;1H,(H,2,3). The number of aromatic nitrogens is 2. The zero-order valence-electron chi connectivity index (χ0n) is 11.6. The van der Waals surface area contributed by atoms with Gasteiger partial charge in [0.1, 0.15) is 5.82 Å². The summed E-state index contributed by atoms with van der Waals surface area (Å²) >= 11 is 0. The molecule has 0 atom stereocenters. The largest absolute Gasteiger partial charge is 0.483 e. The van der Waals surface area contributed by atoms with Crippen molar-refractivity contribution in [2.75, 3.05) is 0 Å². The van der Waals surface area contributed by atoms with E-state index in [1.54, 1.807) is 13.8 Å². The van der Waals surface area contributed by atoms with E-state index in [0.29, 0.717) is 11.6 Å². The number of alkyl halides is 3. The molecule has 1 N–H and O–H groups in total. The molecule has 0 aliphatic rings. The van der Waals surface area contributed by atoms with Crippen LogP contribution in [0.2, 0.25) is 0 Å². The van der Waals surface area contributed by atoms with Crippen molar-refractivity contribution < 1.29 is 27.5 Å².